The van der Waals surface area contributed by atoms with E-state index in [0.717, 1.165) is 19.3 Å². The zero-order valence-corrected chi connectivity index (χ0v) is 16.4. The lowest BCUT2D eigenvalue weighted by atomic mass is 10.1. The summed E-state index contributed by atoms with van der Waals surface area (Å²) in [7, 11) is -1.18. The highest BCUT2D eigenvalue weighted by Crippen LogP contribution is 2.30. The standard InChI is InChI=1S/C21H24O5S/c1-4-18(13-9-8-12-17-10-6-5-7-11-17)26-27(22,23)21-15-14-19(24-2)16-20(21)25-3/h1,5-7,10-11,14-16,18H,8-9,12-13H2,2-3H3. The average molecular weight is 388 g/mol. The summed E-state index contributed by atoms with van der Waals surface area (Å²) in [5, 5.41) is 0. The minimum atomic E-state index is -4.05. The molecule has 0 saturated heterocycles. The van der Waals surface area contributed by atoms with Crippen molar-refractivity contribution in [2.45, 2.75) is 36.7 Å². The van der Waals surface area contributed by atoms with Crippen molar-refractivity contribution in [3.63, 3.8) is 0 Å². The summed E-state index contributed by atoms with van der Waals surface area (Å²) in [6, 6.07) is 14.5. The first kappa shape index (κ1) is 20.8. The van der Waals surface area contributed by atoms with Gasteiger partial charge in [-0.2, -0.15) is 8.42 Å². The zero-order valence-electron chi connectivity index (χ0n) is 15.6. The predicted molar refractivity (Wildman–Crippen MR) is 104 cm³/mol. The molecule has 1 atom stereocenters. The van der Waals surface area contributed by atoms with Crippen LogP contribution in [-0.4, -0.2) is 28.7 Å². The Morgan fingerprint density at radius 3 is 2.41 bits per heavy atom. The second-order valence-corrected chi connectivity index (χ2v) is 7.49. The molecule has 2 aromatic rings. The van der Waals surface area contributed by atoms with Gasteiger partial charge in [0, 0.05) is 6.07 Å². The molecule has 0 aliphatic rings. The van der Waals surface area contributed by atoms with Crippen molar-refractivity contribution >= 4 is 10.1 Å². The highest BCUT2D eigenvalue weighted by Gasteiger charge is 2.24. The summed E-state index contributed by atoms with van der Waals surface area (Å²) in [5.74, 6) is 3.05. The zero-order chi connectivity index (χ0) is 19.7. The van der Waals surface area contributed by atoms with Gasteiger partial charge in [-0.3, -0.25) is 0 Å². The molecule has 27 heavy (non-hydrogen) atoms. The van der Waals surface area contributed by atoms with Gasteiger partial charge in [0.25, 0.3) is 0 Å². The van der Waals surface area contributed by atoms with E-state index in [-0.39, 0.29) is 10.6 Å². The van der Waals surface area contributed by atoms with Gasteiger partial charge in [-0.15, -0.1) is 6.42 Å². The molecule has 0 heterocycles. The molecule has 0 saturated carbocycles. The Balaban J connectivity index is 1.97. The normalized spacial score (nSPS) is 12.2. The minimum absolute atomic E-state index is 0.0738. The third-order valence-electron chi connectivity index (χ3n) is 4.09. The van der Waals surface area contributed by atoms with Crippen LogP contribution in [0.15, 0.2) is 53.4 Å². The Morgan fingerprint density at radius 1 is 1.04 bits per heavy atom. The van der Waals surface area contributed by atoms with Crippen LogP contribution in [0.3, 0.4) is 0 Å². The smallest absolute Gasteiger partial charge is 0.301 e. The van der Waals surface area contributed by atoms with E-state index in [1.165, 1.54) is 38.0 Å². The van der Waals surface area contributed by atoms with Gasteiger partial charge in [-0.05, 0) is 43.4 Å². The van der Waals surface area contributed by atoms with Crippen molar-refractivity contribution in [3.05, 3.63) is 54.1 Å². The number of ether oxygens (including phenoxy) is 2. The van der Waals surface area contributed by atoms with Crippen molar-refractivity contribution in [3.8, 4) is 23.8 Å². The molecular weight excluding hydrogens is 364 g/mol. The lowest BCUT2D eigenvalue weighted by Crippen LogP contribution is -2.18. The van der Waals surface area contributed by atoms with E-state index in [9.17, 15) is 8.42 Å². The molecule has 2 aromatic carbocycles. The largest absolute Gasteiger partial charge is 0.497 e. The molecule has 0 aliphatic carbocycles. The van der Waals surface area contributed by atoms with Crippen LogP contribution in [0.2, 0.25) is 0 Å². The molecule has 0 aromatic heterocycles. The lowest BCUT2D eigenvalue weighted by molar-refractivity contribution is 0.247. The molecule has 0 fully saturated rings. The van der Waals surface area contributed by atoms with E-state index >= 15 is 0 Å². The average Bonchev–Trinajstić information content (AvgIpc) is 2.70. The van der Waals surface area contributed by atoms with Gasteiger partial charge in [0.2, 0.25) is 0 Å². The van der Waals surface area contributed by atoms with Crippen LogP contribution in [-0.2, 0) is 20.7 Å². The number of methoxy groups -OCH3 is 2. The number of rotatable bonds is 10. The number of terminal acetylenes is 1. The van der Waals surface area contributed by atoms with Gasteiger partial charge in [0.15, 0.2) is 0 Å². The fourth-order valence-corrected chi connectivity index (χ4v) is 3.83. The topological polar surface area (TPSA) is 61.8 Å². The molecule has 1 unspecified atom stereocenters. The van der Waals surface area contributed by atoms with E-state index in [4.69, 9.17) is 20.1 Å². The second-order valence-electron chi connectivity index (χ2n) is 5.95. The molecule has 5 nitrogen and oxygen atoms in total. The maximum Gasteiger partial charge on any atom is 0.301 e. The quantitative estimate of drug-likeness (QED) is 0.352. The van der Waals surface area contributed by atoms with Crippen molar-refractivity contribution < 1.29 is 22.1 Å². The molecule has 0 spiro atoms. The first-order valence-electron chi connectivity index (χ1n) is 8.65. The van der Waals surface area contributed by atoms with E-state index in [1.54, 1.807) is 0 Å². The third-order valence-corrected chi connectivity index (χ3v) is 5.46. The number of benzene rings is 2. The van der Waals surface area contributed by atoms with Gasteiger partial charge in [0.05, 0.1) is 14.2 Å². The summed E-state index contributed by atoms with van der Waals surface area (Å²) >= 11 is 0. The van der Waals surface area contributed by atoms with Crippen LogP contribution in [0.4, 0.5) is 0 Å². The monoisotopic (exact) mass is 388 g/mol. The van der Waals surface area contributed by atoms with Crippen LogP contribution in [0.25, 0.3) is 0 Å². The van der Waals surface area contributed by atoms with E-state index in [1.807, 2.05) is 18.2 Å². The fourth-order valence-electron chi connectivity index (χ4n) is 2.65. The van der Waals surface area contributed by atoms with Crippen LogP contribution in [0, 0.1) is 12.3 Å². The van der Waals surface area contributed by atoms with E-state index < -0.39 is 16.2 Å². The number of hydrogen-bond acceptors (Lipinski definition) is 5. The maximum atomic E-state index is 12.6. The van der Waals surface area contributed by atoms with Gasteiger partial charge in [-0.1, -0.05) is 36.3 Å². The molecule has 144 valence electrons. The Labute approximate surface area is 161 Å². The molecule has 0 N–H and O–H groups in total. The van der Waals surface area contributed by atoms with Crippen molar-refractivity contribution in [2.24, 2.45) is 0 Å². The first-order chi connectivity index (χ1) is 13.0. The summed E-state index contributed by atoms with van der Waals surface area (Å²) < 4.78 is 40.7. The van der Waals surface area contributed by atoms with Gasteiger partial charge < -0.3 is 9.47 Å². The lowest BCUT2D eigenvalue weighted by Gasteiger charge is -2.15. The van der Waals surface area contributed by atoms with Gasteiger partial charge in [0.1, 0.15) is 22.5 Å². The van der Waals surface area contributed by atoms with Gasteiger partial charge >= 0.3 is 10.1 Å². The molecule has 2 rings (SSSR count). The van der Waals surface area contributed by atoms with Crippen LogP contribution in [0.1, 0.15) is 24.8 Å². The SMILES string of the molecule is C#CC(CCCCc1ccccc1)OS(=O)(=O)c1ccc(OC)cc1OC. The van der Waals surface area contributed by atoms with Crippen molar-refractivity contribution in [1.29, 1.82) is 0 Å². The maximum absolute atomic E-state index is 12.6. The number of unbranched alkanes of at least 4 members (excludes halogenated alkanes) is 1. The molecular formula is C21H24O5S. The Kier molecular flexibility index (Phi) is 7.71. The van der Waals surface area contributed by atoms with E-state index in [0.29, 0.717) is 12.2 Å². The molecule has 0 bridgehead atoms. The minimum Gasteiger partial charge on any atom is -0.497 e. The molecule has 0 radical (unpaired) electrons. The fraction of sp³-hybridized carbons (Fsp3) is 0.333. The number of hydrogen-bond donors (Lipinski definition) is 0. The molecule has 0 amide bonds. The molecule has 0 aliphatic heterocycles. The van der Waals surface area contributed by atoms with Crippen LogP contribution in [0.5, 0.6) is 11.5 Å². The second kappa shape index (κ2) is 10.0. The van der Waals surface area contributed by atoms with Gasteiger partial charge in [-0.25, -0.2) is 4.18 Å². The highest BCUT2D eigenvalue weighted by atomic mass is 32.2. The Hall–Kier alpha value is -2.49. The van der Waals surface area contributed by atoms with Crippen molar-refractivity contribution in [2.75, 3.05) is 14.2 Å². The Morgan fingerprint density at radius 2 is 1.78 bits per heavy atom. The number of aryl methyl sites for hydroxylation is 1. The summed E-state index contributed by atoms with van der Waals surface area (Å²) in [4.78, 5) is -0.0738. The first-order valence-corrected chi connectivity index (χ1v) is 10.1. The predicted octanol–water partition coefficient (Wildman–Crippen LogP) is 3.82. The highest BCUT2D eigenvalue weighted by molar-refractivity contribution is 7.86. The third kappa shape index (κ3) is 6.02. The Bertz CT molecular complexity index is 869. The summed E-state index contributed by atoms with van der Waals surface area (Å²) in [6.07, 6.45) is 7.69. The molecule has 6 heteroatoms. The summed E-state index contributed by atoms with van der Waals surface area (Å²) in [6.45, 7) is 0. The van der Waals surface area contributed by atoms with Crippen LogP contribution >= 0.6 is 0 Å². The van der Waals surface area contributed by atoms with Crippen molar-refractivity contribution in [1.82, 2.24) is 0 Å². The van der Waals surface area contributed by atoms with Crippen LogP contribution < -0.4 is 9.47 Å². The summed E-state index contributed by atoms with van der Waals surface area (Å²) in [5.41, 5.74) is 1.24. The van der Waals surface area contributed by atoms with E-state index in [2.05, 4.69) is 18.1 Å².